The summed E-state index contributed by atoms with van der Waals surface area (Å²) in [6, 6.07) is 16.8. The molecule has 1 aromatic heterocycles. The summed E-state index contributed by atoms with van der Waals surface area (Å²) in [7, 11) is 2.05. The van der Waals surface area contributed by atoms with Crippen LogP contribution in [0.25, 0.3) is 17.0 Å². The number of amides is 1. The van der Waals surface area contributed by atoms with E-state index in [0.29, 0.717) is 19.2 Å². The third kappa shape index (κ3) is 4.77. The molecular weight excluding hydrogens is 424 g/mol. The van der Waals surface area contributed by atoms with Gasteiger partial charge in [0.05, 0.1) is 23.4 Å². The SMILES string of the molecule is CC1CC2C[C@@H](C(=O)NCC/C=C/c3c(OCc4ccccc4)ccc4ncc(cc34)N2)N1C. The number of ether oxygens (including phenoxy) is 1. The lowest BCUT2D eigenvalue weighted by atomic mass is 9.91. The number of rotatable bonds is 3. The van der Waals surface area contributed by atoms with Crippen LogP contribution in [0, 0.1) is 0 Å². The van der Waals surface area contributed by atoms with Crippen LogP contribution in [0.15, 0.2) is 60.8 Å². The Balaban J connectivity index is 1.50. The minimum absolute atomic E-state index is 0.104. The largest absolute Gasteiger partial charge is 0.488 e. The minimum atomic E-state index is -0.130. The van der Waals surface area contributed by atoms with E-state index in [1.54, 1.807) is 0 Å². The molecule has 6 heteroatoms. The van der Waals surface area contributed by atoms with Crippen LogP contribution in [-0.4, -0.2) is 47.5 Å². The van der Waals surface area contributed by atoms with Gasteiger partial charge in [-0.05, 0) is 57.0 Å². The Bertz CT molecular complexity index is 1190. The van der Waals surface area contributed by atoms with Gasteiger partial charge in [0.25, 0.3) is 0 Å². The maximum Gasteiger partial charge on any atom is 0.237 e. The summed E-state index contributed by atoms with van der Waals surface area (Å²) in [6.07, 6.45) is 8.59. The molecule has 2 unspecified atom stereocenters. The summed E-state index contributed by atoms with van der Waals surface area (Å²) in [4.78, 5) is 19.8. The number of benzene rings is 2. The van der Waals surface area contributed by atoms with E-state index in [0.717, 1.165) is 52.7 Å². The average Bonchev–Trinajstić information content (AvgIpc) is 2.85. The lowest BCUT2D eigenvalue weighted by Crippen LogP contribution is -2.55. The van der Waals surface area contributed by atoms with E-state index in [2.05, 4.69) is 59.9 Å². The number of likely N-dealkylation sites (N-methyl/N-ethyl adjacent to an activating group) is 1. The van der Waals surface area contributed by atoms with E-state index in [9.17, 15) is 4.79 Å². The lowest BCUT2D eigenvalue weighted by Gasteiger charge is -2.41. The van der Waals surface area contributed by atoms with Gasteiger partial charge in [-0.3, -0.25) is 14.7 Å². The molecule has 1 amide bonds. The highest BCUT2D eigenvalue weighted by atomic mass is 16.5. The van der Waals surface area contributed by atoms with Gasteiger partial charge in [0.1, 0.15) is 12.4 Å². The number of piperidine rings is 1. The van der Waals surface area contributed by atoms with Crippen molar-refractivity contribution in [2.75, 3.05) is 18.9 Å². The van der Waals surface area contributed by atoms with Crippen LogP contribution in [0.1, 0.15) is 37.3 Å². The average molecular weight is 457 g/mol. The molecule has 2 aliphatic heterocycles. The molecule has 2 aromatic carbocycles. The van der Waals surface area contributed by atoms with Crippen LogP contribution in [0.4, 0.5) is 5.69 Å². The fourth-order valence-corrected chi connectivity index (χ4v) is 4.97. The van der Waals surface area contributed by atoms with Gasteiger partial charge in [-0.15, -0.1) is 0 Å². The Labute approximate surface area is 201 Å². The van der Waals surface area contributed by atoms with Crippen molar-refractivity contribution in [2.24, 2.45) is 0 Å². The van der Waals surface area contributed by atoms with Gasteiger partial charge >= 0.3 is 0 Å². The third-order valence-corrected chi connectivity index (χ3v) is 6.99. The predicted molar refractivity (Wildman–Crippen MR) is 137 cm³/mol. The molecule has 0 saturated carbocycles. The number of carbonyl (C=O) groups excluding carboxylic acids is 1. The van der Waals surface area contributed by atoms with Crippen molar-refractivity contribution >= 4 is 28.6 Å². The van der Waals surface area contributed by atoms with Gasteiger partial charge in [-0.2, -0.15) is 0 Å². The van der Waals surface area contributed by atoms with Crippen molar-refractivity contribution < 1.29 is 9.53 Å². The topological polar surface area (TPSA) is 66.5 Å². The van der Waals surface area contributed by atoms with Gasteiger partial charge < -0.3 is 15.4 Å². The first-order chi connectivity index (χ1) is 16.6. The number of aromatic nitrogens is 1. The first kappa shape index (κ1) is 22.4. The van der Waals surface area contributed by atoms with Gasteiger partial charge in [0.2, 0.25) is 5.91 Å². The van der Waals surface area contributed by atoms with Crippen LogP contribution in [-0.2, 0) is 11.4 Å². The van der Waals surface area contributed by atoms with Gasteiger partial charge in [-0.1, -0.05) is 42.5 Å². The maximum atomic E-state index is 12.9. The molecule has 2 N–H and O–H groups in total. The standard InChI is InChI=1S/C28H32N4O2/c1-19-14-21-16-26(32(19)2)28(33)29-13-7-6-10-23-24-15-22(31-21)17-30-25(24)11-12-27(23)34-18-20-8-4-3-5-9-20/h3-6,8-12,15,17,19,21,26,31H,7,13-14,16,18H2,1-2H3,(H,29,33)/b10-6+/t19?,21?,26-/m0/s1. The number of hydrogen-bond donors (Lipinski definition) is 2. The van der Waals surface area contributed by atoms with E-state index in [1.807, 2.05) is 36.5 Å². The summed E-state index contributed by atoms with van der Waals surface area (Å²) in [6.45, 7) is 3.30. The Morgan fingerprint density at radius 1 is 1.15 bits per heavy atom. The normalized spacial score (nSPS) is 24.2. The van der Waals surface area contributed by atoms with Gasteiger partial charge in [0, 0.05) is 29.6 Å². The van der Waals surface area contributed by atoms with E-state index in [4.69, 9.17) is 9.72 Å². The highest BCUT2D eigenvalue weighted by Crippen LogP contribution is 2.32. The molecule has 176 valence electrons. The van der Waals surface area contributed by atoms with Crippen LogP contribution in [0.2, 0.25) is 0 Å². The van der Waals surface area contributed by atoms with Crippen LogP contribution >= 0.6 is 0 Å². The number of anilines is 1. The zero-order valence-corrected chi connectivity index (χ0v) is 19.8. The molecule has 3 atom stereocenters. The van der Waals surface area contributed by atoms with Crippen LogP contribution in [0.3, 0.4) is 0 Å². The van der Waals surface area contributed by atoms with Gasteiger partial charge in [0.15, 0.2) is 0 Å². The number of fused-ring (bicyclic) bond motifs is 3. The summed E-state index contributed by atoms with van der Waals surface area (Å²) in [5.41, 5.74) is 4.05. The van der Waals surface area contributed by atoms with Crippen LogP contribution in [0.5, 0.6) is 5.75 Å². The highest BCUT2D eigenvalue weighted by molar-refractivity contribution is 5.92. The van der Waals surface area contributed by atoms with E-state index < -0.39 is 0 Å². The molecule has 4 bridgehead atoms. The number of hydrogen-bond acceptors (Lipinski definition) is 5. The predicted octanol–water partition coefficient (Wildman–Crippen LogP) is 4.61. The number of likely N-dealkylation sites (tertiary alicyclic amines) is 1. The highest BCUT2D eigenvalue weighted by Gasteiger charge is 2.35. The number of carbonyl (C=O) groups is 1. The monoisotopic (exact) mass is 456 g/mol. The molecule has 3 aromatic rings. The second kappa shape index (κ2) is 9.85. The van der Waals surface area contributed by atoms with Crippen molar-refractivity contribution in [2.45, 2.75) is 50.9 Å². The van der Waals surface area contributed by atoms with E-state index in [1.165, 1.54) is 0 Å². The number of pyridine rings is 1. The fourth-order valence-electron chi connectivity index (χ4n) is 4.97. The Kier molecular flexibility index (Phi) is 6.50. The Hall–Kier alpha value is -3.38. The number of nitrogens with one attached hydrogen (secondary N) is 2. The Morgan fingerprint density at radius 3 is 2.85 bits per heavy atom. The lowest BCUT2D eigenvalue weighted by molar-refractivity contribution is -0.128. The van der Waals surface area contributed by atoms with Crippen molar-refractivity contribution in [3.8, 4) is 5.75 Å². The van der Waals surface area contributed by atoms with Crippen LogP contribution < -0.4 is 15.4 Å². The summed E-state index contributed by atoms with van der Waals surface area (Å²) < 4.78 is 6.25. The Morgan fingerprint density at radius 2 is 2.00 bits per heavy atom. The molecule has 0 radical (unpaired) electrons. The molecule has 3 heterocycles. The third-order valence-electron chi connectivity index (χ3n) is 6.99. The summed E-state index contributed by atoms with van der Waals surface area (Å²) in [5.74, 6) is 0.933. The molecule has 1 saturated heterocycles. The minimum Gasteiger partial charge on any atom is -0.488 e. The maximum absolute atomic E-state index is 12.9. The van der Waals surface area contributed by atoms with E-state index in [-0.39, 0.29) is 18.0 Å². The molecule has 0 aliphatic carbocycles. The smallest absolute Gasteiger partial charge is 0.237 e. The van der Waals surface area contributed by atoms with Crippen molar-refractivity contribution in [3.63, 3.8) is 0 Å². The second-order valence-electron chi connectivity index (χ2n) is 9.37. The van der Waals surface area contributed by atoms with Crippen molar-refractivity contribution in [1.82, 2.24) is 15.2 Å². The van der Waals surface area contributed by atoms with Gasteiger partial charge in [-0.25, -0.2) is 0 Å². The second-order valence-corrected chi connectivity index (χ2v) is 9.37. The summed E-state index contributed by atoms with van der Waals surface area (Å²) in [5, 5.41) is 7.86. The van der Waals surface area contributed by atoms with E-state index >= 15 is 0 Å². The zero-order valence-electron chi connectivity index (χ0n) is 19.8. The quantitative estimate of drug-likeness (QED) is 0.603. The molecular formula is C28H32N4O2. The summed E-state index contributed by atoms with van der Waals surface area (Å²) >= 11 is 0. The zero-order chi connectivity index (χ0) is 23.5. The number of nitrogens with zero attached hydrogens (tertiary/aromatic N) is 2. The molecule has 0 spiro atoms. The molecule has 34 heavy (non-hydrogen) atoms. The first-order valence-electron chi connectivity index (χ1n) is 12.1. The van der Waals surface area contributed by atoms with Crippen molar-refractivity contribution in [3.05, 3.63) is 71.9 Å². The molecule has 2 aliphatic rings. The van der Waals surface area contributed by atoms with Crippen molar-refractivity contribution in [1.29, 1.82) is 0 Å². The molecule has 6 nitrogen and oxygen atoms in total. The molecule has 5 rings (SSSR count). The fraction of sp³-hybridized carbons (Fsp3) is 0.357. The molecule has 1 fully saturated rings. The first-order valence-corrected chi connectivity index (χ1v) is 12.1.